The van der Waals surface area contributed by atoms with Crippen LogP contribution in [-0.4, -0.2) is 22.9 Å². The third kappa shape index (κ3) is 2.72. The highest BCUT2D eigenvalue weighted by Gasteiger charge is 2.09. The van der Waals surface area contributed by atoms with Crippen molar-refractivity contribution in [3.63, 3.8) is 0 Å². The van der Waals surface area contributed by atoms with Gasteiger partial charge in [-0.15, -0.1) is 0 Å². The minimum Gasteiger partial charge on any atom is -0.316 e. The van der Waals surface area contributed by atoms with E-state index in [1.807, 2.05) is 14.0 Å². The zero-order valence-corrected chi connectivity index (χ0v) is 9.86. The highest BCUT2D eigenvalue weighted by Crippen LogP contribution is 2.18. The van der Waals surface area contributed by atoms with Crippen molar-refractivity contribution in [1.82, 2.24) is 15.1 Å². The van der Waals surface area contributed by atoms with Gasteiger partial charge in [0.25, 0.3) is 0 Å². The first kappa shape index (κ1) is 11.5. The summed E-state index contributed by atoms with van der Waals surface area (Å²) >= 11 is 6.10. The average molecular weight is 216 g/mol. The standard InChI is InChI=1S/C10H18ClN3/c1-4-6-12-7-5-9-8(2)13-14(3)10(9)11/h12H,4-7H2,1-3H3. The molecule has 1 heterocycles. The van der Waals surface area contributed by atoms with Crippen LogP contribution >= 0.6 is 11.6 Å². The second-order valence-electron chi connectivity index (χ2n) is 3.48. The van der Waals surface area contributed by atoms with Crippen LogP contribution in [0.15, 0.2) is 0 Å². The van der Waals surface area contributed by atoms with Gasteiger partial charge in [-0.25, -0.2) is 0 Å². The Labute approximate surface area is 90.4 Å². The quantitative estimate of drug-likeness (QED) is 0.761. The van der Waals surface area contributed by atoms with Gasteiger partial charge in [0.05, 0.1) is 5.69 Å². The van der Waals surface area contributed by atoms with E-state index in [2.05, 4.69) is 17.3 Å². The Kier molecular flexibility index (Phi) is 4.42. The van der Waals surface area contributed by atoms with Crippen LogP contribution in [0.2, 0.25) is 5.15 Å². The lowest BCUT2D eigenvalue weighted by Crippen LogP contribution is -2.18. The van der Waals surface area contributed by atoms with Gasteiger partial charge in [0.1, 0.15) is 5.15 Å². The van der Waals surface area contributed by atoms with E-state index in [1.165, 1.54) is 6.42 Å². The van der Waals surface area contributed by atoms with Gasteiger partial charge in [0.15, 0.2) is 0 Å². The first-order chi connectivity index (χ1) is 6.66. The summed E-state index contributed by atoms with van der Waals surface area (Å²) in [7, 11) is 1.87. The van der Waals surface area contributed by atoms with Gasteiger partial charge >= 0.3 is 0 Å². The third-order valence-electron chi connectivity index (χ3n) is 2.25. The molecular formula is C10H18ClN3. The van der Waals surface area contributed by atoms with Crippen LogP contribution in [0.25, 0.3) is 0 Å². The summed E-state index contributed by atoms with van der Waals surface area (Å²) in [6, 6.07) is 0. The molecule has 0 radical (unpaired) electrons. The molecule has 1 aromatic rings. The van der Waals surface area contributed by atoms with Crippen LogP contribution in [-0.2, 0) is 13.5 Å². The van der Waals surface area contributed by atoms with Gasteiger partial charge in [-0.1, -0.05) is 18.5 Å². The molecule has 1 aromatic heterocycles. The van der Waals surface area contributed by atoms with E-state index in [1.54, 1.807) is 4.68 Å². The van der Waals surface area contributed by atoms with E-state index in [0.29, 0.717) is 0 Å². The van der Waals surface area contributed by atoms with Crippen molar-refractivity contribution in [2.75, 3.05) is 13.1 Å². The van der Waals surface area contributed by atoms with Gasteiger partial charge in [0, 0.05) is 12.6 Å². The van der Waals surface area contributed by atoms with Crippen LogP contribution in [0, 0.1) is 6.92 Å². The van der Waals surface area contributed by atoms with Crippen LogP contribution in [0.5, 0.6) is 0 Å². The first-order valence-electron chi connectivity index (χ1n) is 5.05. The van der Waals surface area contributed by atoms with Crippen molar-refractivity contribution in [1.29, 1.82) is 0 Å². The van der Waals surface area contributed by atoms with Crippen molar-refractivity contribution in [2.45, 2.75) is 26.7 Å². The lowest BCUT2D eigenvalue weighted by atomic mass is 10.2. The van der Waals surface area contributed by atoms with Crippen LogP contribution < -0.4 is 5.32 Å². The second kappa shape index (κ2) is 5.37. The number of halogens is 1. The normalized spacial score (nSPS) is 10.9. The average Bonchev–Trinajstić information content (AvgIpc) is 2.38. The SMILES string of the molecule is CCCNCCc1c(C)nn(C)c1Cl. The zero-order valence-electron chi connectivity index (χ0n) is 9.10. The van der Waals surface area contributed by atoms with Crippen LogP contribution in [0.1, 0.15) is 24.6 Å². The lowest BCUT2D eigenvalue weighted by Gasteiger charge is -2.02. The van der Waals surface area contributed by atoms with Crippen molar-refractivity contribution in [2.24, 2.45) is 7.05 Å². The van der Waals surface area contributed by atoms with E-state index < -0.39 is 0 Å². The molecule has 0 fully saturated rings. The molecule has 0 bridgehead atoms. The Morgan fingerprint density at radius 1 is 1.43 bits per heavy atom. The minimum atomic E-state index is 0.765. The molecule has 80 valence electrons. The predicted octanol–water partition coefficient (Wildman–Crippen LogP) is 1.92. The fourth-order valence-electron chi connectivity index (χ4n) is 1.47. The summed E-state index contributed by atoms with van der Waals surface area (Å²) in [6.07, 6.45) is 2.12. The molecule has 0 spiro atoms. The molecule has 0 amide bonds. The molecule has 0 aliphatic rings. The maximum Gasteiger partial charge on any atom is 0.130 e. The Bertz CT molecular complexity index is 294. The lowest BCUT2D eigenvalue weighted by molar-refractivity contribution is 0.670. The van der Waals surface area contributed by atoms with Gasteiger partial charge < -0.3 is 5.32 Å². The van der Waals surface area contributed by atoms with Gasteiger partial charge in [-0.2, -0.15) is 5.10 Å². The molecule has 14 heavy (non-hydrogen) atoms. The second-order valence-corrected chi connectivity index (χ2v) is 3.84. The molecule has 1 rings (SSSR count). The number of hydrogen-bond donors (Lipinski definition) is 1. The van der Waals surface area contributed by atoms with Gasteiger partial charge in [0.2, 0.25) is 0 Å². The van der Waals surface area contributed by atoms with E-state index in [-0.39, 0.29) is 0 Å². The monoisotopic (exact) mass is 215 g/mol. The van der Waals surface area contributed by atoms with E-state index in [0.717, 1.165) is 35.9 Å². The van der Waals surface area contributed by atoms with Crippen molar-refractivity contribution in [3.8, 4) is 0 Å². The largest absolute Gasteiger partial charge is 0.316 e. The minimum absolute atomic E-state index is 0.765. The predicted molar refractivity (Wildman–Crippen MR) is 59.8 cm³/mol. The van der Waals surface area contributed by atoms with E-state index in [9.17, 15) is 0 Å². The van der Waals surface area contributed by atoms with Gasteiger partial charge in [-0.3, -0.25) is 4.68 Å². The maximum absolute atomic E-state index is 6.10. The van der Waals surface area contributed by atoms with E-state index >= 15 is 0 Å². The summed E-state index contributed by atoms with van der Waals surface area (Å²) in [4.78, 5) is 0. The molecule has 1 N–H and O–H groups in total. The molecule has 0 aliphatic heterocycles. The number of aromatic nitrogens is 2. The van der Waals surface area contributed by atoms with Crippen molar-refractivity contribution in [3.05, 3.63) is 16.4 Å². The molecule has 0 saturated carbocycles. The molecular weight excluding hydrogens is 198 g/mol. The summed E-state index contributed by atoms with van der Waals surface area (Å²) in [5.74, 6) is 0. The Balaban J connectivity index is 2.49. The summed E-state index contributed by atoms with van der Waals surface area (Å²) < 4.78 is 1.73. The highest BCUT2D eigenvalue weighted by atomic mass is 35.5. The molecule has 0 aromatic carbocycles. The van der Waals surface area contributed by atoms with Gasteiger partial charge in [-0.05, 0) is 32.9 Å². The fourth-order valence-corrected chi connectivity index (χ4v) is 1.74. The fraction of sp³-hybridized carbons (Fsp3) is 0.700. The zero-order chi connectivity index (χ0) is 10.6. The number of nitrogens with one attached hydrogen (secondary N) is 1. The Morgan fingerprint density at radius 3 is 2.64 bits per heavy atom. The number of nitrogens with zero attached hydrogens (tertiary/aromatic N) is 2. The number of aryl methyl sites for hydroxylation is 2. The first-order valence-corrected chi connectivity index (χ1v) is 5.43. The van der Waals surface area contributed by atoms with Crippen molar-refractivity contribution < 1.29 is 0 Å². The van der Waals surface area contributed by atoms with Crippen LogP contribution in [0.4, 0.5) is 0 Å². The molecule has 4 heteroatoms. The maximum atomic E-state index is 6.10. The number of hydrogen-bond acceptors (Lipinski definition) is 2. The van der Waals surface area contributed by atoms with E-state index in [4.69, 9.17) is 11.6 Å². The molecule has 0 unspecified atom stereocenters. The van der Waals surface area contributed by atoms with Crippen molar-refractivity contribution >= 4 is 11.6 Å². The molecule has 3 nitrogen and oxygen atoms in total. The Hall–Kier alpha value is -0.540. The number of rotatable bonds is 5. The smallest absolute Gasteiger partial charge is 0.130 e. The third-order valence-corrected chi connectivity index (χ3v) is 2.72. The summed E-state index contributed by atoms with van der Waals surface area (Å²) in [6.45, 7) is 6.20. The molecule has 0 atom stereocenters. The highest BCUT2D eigenvalue weighted by molar-refractivity contribution is 6.30. The summed E-state index contributed by atoms with van der Waals surface area (Å²) in [5, 5.41) is 8.38. The molecule has 0 aliphatic carbocycles. The molecule has 0 saturated heterocycles. The van der Waals surface area contributed by atoms with Crippen LogP contribution in [0.3, 0.4) is 0 Å². The topological polar surface area (TPSA) is 29.9 Å². The summed E-state index contributed by atoms with van der Waals surface area (Å²) in [5.41, 5.74) is 2.20. The Morgan fingerprint density at radius 2 is 2.14 bits per heavy atom.